The van der Waals surface area contributed by atoms with Crippen LogP contribution < -0.4 is 21.7 Å². The summed E-state index contributed by atoms with van der Waals surface area (Å²) in [5.74, 6) is -6.52. The normalized spacial score (nSPS) is 12.2. The Balaban J connectivity index is -0.000000688. The number of carboxylic acids is 2. The van der Waals surface area contributed by atoms with Crippen LogP contribution in [0.1, 0.15) is 93.9 Å². The number of rotatable bonds is 16. The molecule has 0 radical (unpaired) electrons. The number of nitrogens with two attached hydrogens (primary N) is 2. The fourth-order valence-electron chi connectivity index (χ4n) is 3.61. The maximum Gasteiger partial charge on any atom is 2.00 e. The van der Waals surface area contributed by atoms with Gasteiger partial charge in [0.15, 0.2) is 0 Å². The minimum atomic E-state index is -1.40. The summed E-state index contributed by atoms with van der Waals surface area (Å²) < 4.78 is 0. The van der Waals surface area contributed by atoms with Crippen molar-refractivity contribution in [2.75, 3.05) is 13.1 Å². The summed E-state index contributed by atoms with van der Waals surface area (Å²) in [6.07, 6.45) is 2.70. The largest absolute Gasteiger partial charge is 2.00 e. The number of nitrogens with zero attached hydrogens (tertiary/aromatic N) is 2. The Morgan fingerprint density at radius 1 is 0.512 bits per heavy atom. The molecule has 0 aliphatic carbocycles. The third-order valence-electron chi connectivity index (χ3n) is 5.96. The molecule has 0 bridgehead atoms. The van der Waals surface area contributed by atoms with Gasteiger partial charge in [0.25, 0.3) is 0 Å². The van der Waals surface area contributed by atoms with E-state index in [-0.39, 0.29) is 50.6 Å². The van der Waals surface area contributed by atoms with Crippen LogP contribution in [-0.4, -0.2) is 108 Å². The predicted molar refractivity (Wildman–Crippen MR) is 152 cm³/mol. The smallest absolute Gasteiger partial charge is 0.548 e. The number of carbonyl (C=O) groups is 6. The zero-order valence-electron chi connectivity index (χ0n) is 26.1. The van der Waals surface area contributed by atoms with E-state index >= 15 is 0 Å². The molecule has 0 aliphatic rings. The summed E-state index contributed by atoms with van der Waals surface area (Å²) in [4.78, 5) is 73.0. The summed E-state index contributed by atoms with van der Waals surface area (Å²) in [6, 6.07) is -2.43. The average Bonchev–Trinajstić information content (AvgIpc) is 2.86. The Morgan fingerprint density at radius 3 is 0.878 bits per heavy atom. The maximum absolute atomic E-state index is 12.2. The second-order valence-corrected chi connectivity index (χ2v) is 11.0. The molecule has 2 atom stereocenters. The Hall–Kier alpha value is -1.60. The van der Waals surface area contributed by atoms with E-state index in [1.807, 2.05) is 0 Å². The molecule has 4 N–H and O–H groups in total. The number of carboxylic acid groups (broad SMARTS) is 2. The monoisotopic (exact) mass is 610 g/mol. The number of aliphatic carboxylic acids is 2. The zero-order valence-corrected chi connectivity index (χ0v) is 28.4. The minimum Gasteiger partial charge on any atom is -0.548 e. The first kappa shape index (κ1) is 43.8. The molecular weight excluding hydrogens is 560 g/mol. The first-order valence-electron chi connectivity index (χ1n) is 14.0. The van der Waals surface area contributed by atoms with Crippen LogP contribution in [0, 0.1) is 23.7 Å². The van der Waals surface area contributed by atoms with Crippen molar-refractivity contribution < 1.29 is 39.0 Å². The van der Waals surface area contributed by atoms with E-state index in [1.54, 1.807) is 55.4 Å². The molecule has 0 heterocycles. The first-order chi connectivity index (χ1) is 18.5. The molecule has 0 aromatic carbocycles. The van der Waals surface area contributed by atoms with Crippen LogP contribution >= 0.6 is 0 Å². The number of carbonyl (C=O) groups excluding carboxylic acids is 6. The van der Waals surface area contributed by atoms with Crippen molar-refractivity contribution in [3.63, 3.8) is 0 Å². The average molecular weight is 611 g/mol. The van der Waals surface area contributed by atoms with Gasteiger partial charge in [-0.3, -0.25) is 29.0 Å². The molecule has 0 aliphatic heterocycles. The summed E-state index contributed by atoms with van der Waals surface area (Å²) in [5.41, 5.74) is 10.7. The molecule has 0 saturated carbocycles. The van der Waals surface area contributed by atoms with Crippen LogP contribution in [0.5, 0.6) is 0 Å². The molecule has 0 aromatic rings. The van der Waals surface area contributed by atoms with E-state index < -0.39 is 71.3 Å². The molecule has 232 valence electrons. The third kappa shape index (κ3) is 16.0. The number of hydrogen-bond donors (Lipinski definition) is 2. The summed E-state index contributed by atoms with van der Waals surface area (Å²) in [6.45, 7) is 14.0. The van der Waals surface area contributed by atoms with E-state index in [9.17, 15) is 39.0 Å². The summed E-state index contributed by atoms with van der Waals surface area (Å²) in [5, 5.41) is 22.6. The van der Waals surface area contributed by atoms with E-state index in [1.165, 1.54) is 0 Å². The molecule has 0 fully saturated rings. The van der Waals surface area contributed by atoms with Gasteiger partial charge in [0.05, 0.1) is 24.0 Å². The Kier molecular flexibility index (Phi) is 24.5. The van der Waals surface area contributed by atoms with E-state index in [0.29, 0.717) is 38.8 Å². The van der Waals surface area contributed by atoms with Gasteiger partial charge >= 0.3 is 37.7 Å². The molecular formula is C28H50CaN4O8. The molecule has 0 aromatic heterocycles. The second kappa shape index (κ2) is 22.9. The van der Waals surface area contributed by atoms with Gasteiger partial charge in [-0.25, -0.2) is 0 Å². The van der Waals surface area contributed by atoms with Gasteiger partial charge < -0.3 is 31.3 Å². The molecule has 0 rings (SSSR count). The van der Waals surface area contributed by atoms with Crippen molar-refractivity contribution in [2.45, 2.75) is 106 Å². The van der Waals surface area contributed by atoms with Crippen molar-refractivity contribution >= 4 is 73.3 Å². The van der Waals surface area contributed by atoms with Crippen molar-refractivity contribution in [3.05, 3.63) is 0 Å². The number of unbranched alkanes of at least 4 members (excludes halogenated alkanes) is 2. The molecule has 4 amide bonds. The molecule has 13 heteroatoms. The molecule has 12 nitrogen and oxygen atoms in total. The van der Waals surface area contributed by atoms with Gasteiger partial charge in [0, 0.05) is 23.7 Å². The summed E-state index contributed by atoms with van der Waals surface area (Å²) >= 11 is 0. The topological polar surface area (TPSA) is 207 Å². The van der Waals surface area contributed by atoms with E-state index in [4.69, 9.17) is 11.5 Å². The van der Waals surface area contributed by atoms with E-state index in [0.717, 1.165) is 9.80 Å². The zero-order chi connectivity index (χ0) is 31.7. The van der Waals surface area contributed by atoms with Crippen LogP contribution in [0.3, 0.4) is 0 Å². The van der Waals surface area contributed by atoms with Crippen LogP contribution in [-0.2, 0) is 28.8 Å². The number of amides is 4. The Labute approximate surface area is 274 Å². The minimum absolute atomic E-state index is 0. The van der Waals surface area contributed by atoms with Crippen molar-refractivity contribution in [3.8, 4) is 0 Å². The fourth-order valence-corrected chi connectivity index (χ4v) is 3.61. The van der Waals surface area contributed by atoms with Gasteiger partial charge in [0.2, 0.25) is 23.6 Å². The molecule has 0 saturated heterocycles. The van der Waals surface area contributed by atoms with Crippen molar-refractivity contribution in [2.24, 2.45) is 35.1 Å². The fraction of sp³-hybridized carbons (Fsp3) is 0.786. The van der Waals surface area contributed by atoms with Gasteiger partial charge in [0.1, 0.15) is 0 Å². The number of imide groups is 2. The molecule has 41 heavy (non-hydrogen) atoms. The van der Waals surface area contributed by atoms with Gasteiger partial charge in [-0.1, -0.05) is 55.4 Å². The SMILES string of the molecule is CC(C)C(=O)N(C(=O)C(C)C)[C@@H](CCCCN)C(=O)[O-].CC(C)C(=O)N(C(=O)C(C)C)[C@@H](CCCCN)C(=O)[O-].[Ca+2]. The second-order valence-electron chi connectivity index (χ2n) is 11.0. The Bertz CT molecular complexity index is 741. The summed E-state index contributed by atoms with van der Waals surface area (Å²) in [7, 11) is 0. The van der Waals surface area contributed by atoms with E-state index in [2.05, 4.69) is 0 Å². The van der Waals surface area contributed by atoms with Crippen LogP contribution in [0.2, 0.25) is 0 Å². The van der Waals surface area contributed by atoms with Crippen LogP contribution in [0.4, 0.5) is 0 Å². The maximum atomic E-state index is 12.2. The van der Waals surface area contributed by atoms with Crippen LogP contribution in [0.25, 0.3) is 0 Å². The van der Waals surface area contributed by atoms with Gasteiger partial charge in [-0.2, -0.15) is 0 Å². The van der Waals surface area contributed by atoms with Gasteiger partial charge in [-0.05, 0) is 51.6 Å². The third-order valence-corrected chi connectivity index (χ3v) is 5.96. The number of hydrogen-bond acceptors (Lipinski definition) is 10. The van der Waals surface area contributed by atoms with Gasteiger partial charge in [-0.15, -0.1) is 0 Å². The first-order valence-corrected chi connectivity index (χ1v) is 14.0. The predicted octanol–water partition coefficient (Wildman–Crippen LogP) is -0.579. The van der Waals surface area contributed by atoms with Crippen molar-refractivity contribution in [1.82, 2.24) is 9.80 Å². The standard InChI is InChI=1S/2C14H26N2O4.Ca/c2*1-9(2)12(17)16(13(18)10(3)4)11(14(19)20)7-5-6-8-15;/h2*9-11H,5-8,15H2,1-4H3,(H,19,20);/q;;+2/p-2/t2*11-;/m00./s1. The quantitative estimate of drug-likeness (QED) is 0.168. The Morgan fingerprint density at radius 2 is 0.732 bits per heavy atom. The van der Waals surface area contributed by atoms with Crippen molar-refractivity contribution in [1.29, 1.82) is 0 Å². The van der Waals surface area contributed by atoms with Crippen LogP contribution in [0.15, 0.2) is 0 Å². The molecule has 0 spiro atoms. The molecule has 0 unspecified atom stereocenters.